The summed E-state index contributed by atoms with van der Waals surface area (Å²) in [4.78, 5) is 10.9. The van der Waals surface area contributed by atoms with E-state index in [2.05, 4.69) is 5.32 Å². The predicted octanol–water partition coefficient (Wildman–Crippen LogP) is 1.00. The van der Waals surface area contributed by atoms with Gasteiger partial charge in [0.2, 0.25) is 0 Å². The summed E-state index contributed by atoms with van der Waals surface area (Å²) in [5.74, 6) is -0.936. The molecule has 0 aliphatic rings. The first-order valence-electron chi connectivity index (χ1n) is 4.85. The average molecular weight is 227 g/mol. The molecule has 1 aromatic rings. The van der Waals surface area contributed by atoms with Gasteiger partial charge in [0.1, 0.15) is 0 Å². The molecule has 16 heavy (non-hydrogen) atoms. The number of rotatable bonds is 4. The van der Waals surface area contributed by atoms with Gasteiger partial charge in [-0.3, -0.25) is 4.79 Å². The van der Waals surface area contributed by atoms with Crippen LogP contribution in [0.2, 0.25) is 0 Å². The molecule has 0 saturated carbocycles. The fourth-order valence-corrected chi connectivity index (χ4v) is 1.11. The van der Waals surface area contributed by atoms with Gasteiger partial charge in [-0.2, -0.15) is 0 Å². The number of amides is 1. The van der Waals surface area contributed by atoms with E-state index in [4.69, 9.17) is 4.74 Å². The van der Waals surface area contributed by atoms with Crippen LogP contribution in [0.3, 0.4) is 0 Å². The van der Waals surface area contributed by atoms with Gasteiger partial charge in [0.25, 0.3) is 5.91 Å². The molecule has 0 aliphatic heterocycles. The molecule has 4 nitrogen and oxygen atoms in total. The largest absolute Gasteiger partial charge is 0.481 e. The first-order chi connectivity index (χ1) is 7.54. The molecular weight excluding hydrogens is 213 g/mol. The molecule has 1 amide bonds. The lowest BCUT2D eigenvalue weighted by molar-refractivity contribution is -0.122. The number of aliphatic hydroxyl groups excluding tert-OH is 1. The highest BCUT2D eigenvalue weighted by molar-refractivity contribution is 5.77. The zero-order valence-corrected chi connectivity index (χ0v) is 9.16. The van der Waals surface area contributed by atoms with Crippen LogP contribution in [0.4, 0.5) is 4.39 Å². The van der Waals surface area contributed by atoms with Crippen molar-refractivity contribution in [3.05, 3.63) is 29.6 Å². The van der Waals surface area contributed by atoms with Crippen molar-refractivity contribution in [3.8, 4) is 5.75 Å². The molecule has 0 aliphatic carbocycles. The van der Waals surface area contributed by atoms with Gasteiger partial charge in [0.05, 0.1) is 6.10 Å². The molecule has 88 valence electrons. The van der Waals surface area contributed by atoms with Crippen molar-refractivity contribution in [1.29, 1.82) is 0 Å². The minimum Gasteiger partial charge on any atom is -0.481 e. The number of carbonyl (C=O) groups excluding carboxylic acids is 1. The van der Waals surface area contributed by atoms with E-state index < -0.39 is 11.9 Å². The topological polar surface area (TPSA) is 58.6 Å². The Kier molecular flexibility index (Phi) is 4.25. The van der Waals surface area contributed by atoms with Crippen molar-refractivity contribution in [2.75, 3.05) is 13.7 Å². The Morgan fingerprint density at radius 1 is 1.62 bits per heavy atom. The normalized spacial score (nSPS) is 12.0. The maximum absolute atomic E-state index is 13.4. The summed E-state index contributed by atoms with van der Waals surface area (Å²) < 4.78 is 18.4. The quantitative estimate of drug-likeness (QED) is 0.806. The second-order valence-corrected chi connectivity index (χ2v) is 3.33. The van der Waals surface area contributed by atoms with Gasteiger partial charge < -0.3 is 15.2 Å². The van der Waals surface area contributed by atoms with Gasteiger partial charge in [-0.15, -0.1) is 0 Å². The molecule has 0 aromatic heterocycles. The van der Waals surface area contributed by atoms with Crippen LogP contribution in [0.1, 0.15) is 18.6 Å². The van der Waals surface area contributed by atoms with E-state index >= 15 is 0 Å². The Labute approximate surface area is 93.0 Å². The lowest BCUT2D eigenvalue weighted by atomic mass is 10.1. The smallest absolute Gasteiger partial charge is 0.257 e. The number of hydrogen-bond donors (Lipinski definition) is 2. The Morgan fingerprint density at radius 2 is 2.31 bits per heavy atom. The lowest BCUT2D eigenvalue weighted by Crippen LogP contribution is -2.25. The van der Waals surface area contributed by atoms with Gasteiger partial charge in [0, 0.05) is 7.05 Å². The fourth-order valence-electron chi connectivity index (χ4n) is 1.11. The van der Waals surface area contributed by atoms with E-state index in [1.54, 1.807) is 13.0 Å². The third-order valence-corrected chi connectivity index (χ3v) is 2.08. The fraction of sp³-hybridized carbons (Fsp3) is 0.364. The number of hydrogen-bond acceptors (Lipinski definition) is 3. The minimum atomic E-state index is -0.734. The van der Waals surface area contributed by atoms with E-state index in [0.29, 0.717) is 5.56 Å². The van der Waals surface area contributed by atoms with Gasteiger partial charge >= 0.3 is 0 Å². The van der Waals surface area contributed by atoms with Crippen LogP contribution in [-0.4, -0.2) is 24.7 Å². The van der Waals surface area contributed by atoms with Gasteiger partial charge in [-0.25, -0.2) is 4.39 Å². The number of carbonyl (C=O) groups is 1. The number of halogens is 1. The van der Waals surface area contributed by atoms with E-state index in [1.165, 1.54) is 19.2 Å². The van der Waals surface area contributed by atoms with Crippen LogP contribution >= 0.6 is 0 Å². The molecule has 0 spiro atoms. The Bertz CT molecular complexity index is 379. The number of ether oxygens (including phenoxy) is 1. The maximum atomic E-state index is 13.4. The highest BCUT2D eigenvalue weighted by Gasteiger charge is 2.09. The maximum Gasteiger partial charge on any atom is 0.257 e. The zero-order valence-electron chi connectivity index (χ0n) is 9.16. The molecule has 0 heterocycles. The standard InChI is InChI=1S/C11H14FNO3/c1-7(14)8-3-4-10(9(12)5-8)16-6-11(15)13-2/h3-5,7,14H,6H2,1-2H3,(H,13,15)/t7-/m1/s1. The molecule has 0 saturated heterocycles. The Morgan fingerprint density at radius 3 is 2.81 bits per heavy atom. The number of likely N-dealkylation sites (N-methyl/N-ethyl adjacent to an activating group) is 1. The number of benzene rings is 1. The predicted molar refractivity (Wildman–Crippen MR) is 56.6 cm³/mol. The summed E-state index contributed by atoms with van der Waals surface area (Å²) in [6, 6.07) is 4.12. The van der Waals surface area contributed by atoms with Crippen LogP contribution in [-0.2, 0) is 4.79 Å². The zero-order chi connectivity index (χ0) is 12.1. The van der Waals surface area contributed by atoms with E-state index in [0.717, 1.165) is 0 Å². The summed E-state index contributed by atoms with van der Waals surface area (Å²) in [7, 11) is 1.47. The van der Waals surface area contributed by atoms with Crippen molar-refractivity contribution >= 4 is 5.91 Å². The van der Waals surface area contributed by atoms with Crippen molar-refractivity contribution in [2.45, 2.75) is 13.0 Å². The second-order valence-electron chi connectivity index (χ2n) is 3.33. The lowest BCUT2D eigenvalue weighted by Gasteiger charge is -2.09. The number of aliphatic hydroxyl groups is 1. The summed E-state index contributed by atoms with van der Waals surface area (Å²) in [5, 5.41) is 11.6. The minimum absolute atomic E-state index is 0.00648. The molecule has 1 rings (SSSR count). The summed E-state index contributed by atoms with van der Waals surface area (Å²) in [6.45, 7) is 1.31. The molecule has 0 radical (unpaired) electrons. The van der Waals surface area contributed by atoms with Crippen LogP contribution in [0.15, 0.2) is 18.2 Å². The second kappa shape index (κ2) is 5.46. The molecule has 5 heteroatoms. The number of nitrogens with one attached hydrogen (secondary N) is 1. The first-order valence-corrected chi connectivity index (χ1v) is 4.85. The van der Waals surface area contributed by atoms with Crippen molar-refractivity contribution < 1.29 is 19.0 Å². The van der Waals surface area contributed by atoms with Crippen molar-refractivity contribution in [3.63, 3.8) is 0 Å². The van der Waals surface area contributed by atoms with Crippen molar-refractivity contribution in [1.82, 2.24) is 5.32 Å². The summed E-state index contributed by atoms with van der Waals surface area (Å²) in [5.41, 5.74) is 0.463. The van der Waals surface area contributed by atoms with E-state index in [-0.39, 0.29) is 18.3 Å². The monoisotopic (exact) mass is 227 g/mol. The molecule has 0 fully saturated rings. The van der Waals surface area contributed by atoms with E-state index in [1.807, 2.05) is 0 Å². The molecule has 1 aromatic carbocycles. The van der Waals surface area contributed by atoms with Gasteiger partial charge in [-0.1, -0.05) is 6.07 Å². The summed E-state index contributed by atoms with van der Waals surface area (Å²) >= 11 is 0. The molecule has 2 N–H and O–H groups in total. The van der Waals surface area contributed by atoms with Gasteiger partial charge in [-0.05, 0) is 24.6 Å². The van der Waals surface area contributed by atoms with Gasteiger partial charge in [0.15, 0.2) is 18.2 Å². The highest BCUT2D eigenvalue weighted by Crippen LogP contribution is 2.21. The van der Waals surface area contributed by atoms with Crippen LogP contribution in [0.25, 0.3) is 0 Å². The molecule has 0 unspecified atom stereocenters. The molecule has 0 bridgehead atoms. The van der Waals surface area contributed by atoms with Crippen LogP contribution < -0.4 is 10.1 Å². The molecule has 1 atom stereocenters. The third kappa shape index (κ3) is 3.20. The Hall–Kier alpha value is -1.62. The summed E-state index contributed by atoms with van der Waals surface area (Å²) in [6.07, 6.45) is -0.734. The van der Waals surface area contributed by atoms with E-state index in [9.17, 15) is 14.3 Å². The van der Waals surface area contributed by atoms with Crippen LogP contribution in [0.5, 0.6) is 5.75 Å². The average Bonchev–Trinajstić information content (AvgIpc) is 2.26. The third-order valence-electron chi connectivity index (χ3n) is 2.08. The molecular formula is C11H14FNO3. The highest BCUT2D eigenvalue weighted by atomic mass is 19.1. The first kappa shape index (κ1) is 12.4. The Balaban J connectivity index is 2.72. The SMILES string of the molecule is CNC(=O)COc1ccc([C@@H](C)O)cc1F. The van der Waals surface area contributed by atoms with Crippen LogP contribution in [0, 0.1) is 5.82 Å². The van der Waals surface area contributed by atoms with Crippen molar-refractivity contribution in [2.24, 2.45) is 0 Å².